The van der Waals surface area contributed by atoms with Gasteiger partial charge < -0.3 is 8.83 Å². The first-order chi connectivity index (χ1) is 20.4. The summed E-state index contributed by atoms with van der Waals surface area (Å²) in [5, 5.41) is 13.1. The lowest BCUT2D eigenvalue weighted by atomic mass is 9.97. The van der Waals surface area contributed by atoms with E-state index in [1.165, 1.54) is 32.1 Å². The van der Waals surface area contributed by atoms with E-state index < -0.39 is 7.92 Å². The molecule has 7 aromatic carbocycles. The van der Waals surface area contributed by atoms with Gasteiger partial charge in [-0.15, -0.1) is 0 Å². The van der Waals surface area contributed by atoms with Gasteiger partial charge in [0.15, 0.2) is 0 Å². The summed E-state index contributed by atoms with van der Waals surface area (Å²) in [7, 11) is -0.846. The topological polar surface area (TPSA) is 26.3 Å². The van der Waals surface area contributed by atoms with E-state index in [9.17, 15) is 0 Å². The van der Waals surface area contributed by atoms with Gasteiger partial charge in [0.1, 0.15) is 22.3 Å². The molecule has 0 aliphatic rings. The van der Waals surface area contributed by atoms with Gasteiger partial charge in [-0.1, -0.05) is 127 Å². The van der Waals surface area contributed by atoms with Crippen molar-refractivity contribution in [3.63, 3.8) is 0 Å². The highest BCUT2D eigenvalue weighted by molar-refractivity contribution is 7.80. The van der Waals surface area contributed by atoms with E-state index in [0.29, 0.717) is 0 Å². The fourth-order valence-corrected chi connectivity index (χ4v) is 8.98. The molecule has 0 atom stereocenters. The van der Waals surface area contributed by atoms with Crippen LogP contribution in [0.2, 0.25) is 0 Å². The van der Waals surface area contributed by atoms with Crippen molar-refractivity contribution >= 4 is 89.3 Å². The molecule has 0 fully saturated rings. The summed E-state index contributed by atoms with van der Waals surface area (Å²) in [5.41, 5.74) is 3.64. The van der Waals surface area contributed by atoms with E-state index in [1.807, 2.05) is 0 Å². The van der Waals surface area contributed by atoms with Gasteiger partial charge in [0.2, 0.25) is 0 Å². The SMILES string of the molecule is c1ccc(P(c2ccccc2)c2cccc3oc4c5ccccc5c5oc6ccc7ccccc7c6c5c4c23)cc1. The molecule has 192 valence electrons. The van der Waals surface area contributed by atoms with Gasteiger partial charge in [0.05, 0.1) is 0 Å². The van der Waals surface area contributed by atoms with Gasteiger partial charge in [-0.3, -0.25) is 0 Å². The Morgan fingerprint density at radius 2 is 0.902 bits per heavy atom. The molecule has 0 N–H and O–H groups in total. The quantitative estimate of drug-likeness (QED) is 0.208. The summed E-state index contributed by atoms with van der Waals surface area (Å²) in [6.07, 6.45) is 0. The van der Waals surface area contributed by atoms with Crippen molar-refractivity contribution in [3.8, 4) is 0 Å². The summed E-state index contributed by atoms with van der Waals surface area (Å²) in [4.78, 5) is 0. The number of rotatable bonds is 3. The monoisotopic (exact) mass is 542 g/mol. The van der Waals surface area contributed by atoms with Crippen molar-refractivity contribution in [2.24, 2.45) is 0 Å². The van der Waals surface area contributed by atoms with Crippen molar-refractivity contribution in [1.82, 2.24) is 0 Å². The van der Waals surface area contributed by atoms with Gasteiger partial charge in [-0.2, -0.15) is 0 Å². The number of fused-ring (bicyclic) bond motifs is 12. The van der Waals surface area contributed by atoms with Crippen molar-refractivity contribution < 1.29 is 8.83 Å². The smallest absolute Gasteiger partial charge is 0.144 e. The molecular formula is C38H23O2P. The maximum Gasteiger partial charge on any atom is 0.144 e. The van der Waals surface area contributed by atoms with Crippen LogP contribution < -0.4 is 15.9 Å². The van der Waals surface area contributed by atoms with Crippen LogP contribution in [-0.4, -0.2) is 0 Å². The molecule has 0 saturated heterocycles. The molecule has 0 aliphatic carbocycles. The average Bonchev–Trinajstić information content (AvgIpc) is 3.62. The third-order valence-corrected chi connectivity index (χ3v) is 10.7. The van der Waals surface area contributed by atoms with Crippen LogP contribution >= 0.6 is 7.92 Å². The van der Waals surface area contributed by atoms with Gasteiger partial charge in [0, 0.05) is 32.3 Å². The number of furan rings is 2. The summed E-state index contributed by atoms with van der Waals surface area (Å²) >= 11 is 0. The van der Waals surface area contributed by atoms with Gasteiger partial charge in [0.25, 0.3) is 0 Å². The van der Waals surface area contributed by atoms with E-state index in [4.69, 9.17) is 8.83 Å². The van der Waals surface area contributed by atoms with Crippen LogP contribution in [0.4, 0.5) is 0 Å². The van der Waals surface area contributed by atoms with Crippen LogP contribution in [0.1, 0.15) is 0 Å². The number of benzene rings is 7. The first kappa shape index (κ1) is 22.9. The van der Waals surface area contributed by atoms with E-state index in [2.05, 4.69) is 140 Å². The molecule has 0 unspecified atom stereocenters. The average molecular weight is 543 g/mol. The number of hydrogen-bond acceptors (Lipinski definition) is 2. The summed E-state index contributed by atoms with van der Waals surface area (Å²) in [5.74, 6) is 0. The van der Waals surface area contributed by atoms with Crippen LogP contribution in [0.3, 0.4) is 0 Å². The third kappa shape index (κ3) is 3.29. The van der Waals surface area contributed by atoms with E-state index >= 15 is 0 Å². The van der Waals surface area contributed by atoms with Gasteiger partial charge in [-0.25, -0.2) is 0 Å². The fourth-order valence-electron chi connectivity index (χ4n) is 6.50. The van der Waals surface area contributed by atoms with Crippen molar-refractivity contribution in [1.29, 1.82) is 0 Å². The molecule has 0 amide bonds. The molecule has 9 rings (SSSR count). The maximum absolute atomic E-state index is 6.84. The van der Waals surface area contributed by atoms with Crippen LogP contribution in [0, 0.1) is 0 Å². The Morgan fingerprint density at radius 3 is 1.56 bits per heavy atom. The van der Waals surface area contributed by atoms with Crippen LogP contribution in [0.5, 0.6) is 0 Å². The zero-order valence-corrected chi connectivity index (χ0v) is 22.9. The molecule has 2 aromatic heterocycles. The number of hydrogen-bond donors (Lipinski definition) is 0. The fraction of sp³-hybridized carbons (Fsp3) is 0. The molecule has 0 radical (unpaired) electrons. The summed E-state index contributed by atoms with van der Waals surface area (Å²) in [6.45, 7) is 0. The molecule has 0 spiro atoms. The lowest BCUT2D eigenvalue weighted by Gasteiger charge is -2.20. The molecule has 0 saturated carbocycles. The van der Waals surface area contributed by atoms with Gasteiger partial charge in [-0.05, 0) is 46.7 Å². The minimum absolute atomic E-state index is 0.846. The predicted molar refractivity (Wildman–Crippen MR) is 175 cm³/mol. The Hall–Kier alpha value is -4.91. The standard InChI is InChI=1S/C38H23O2P/c1-3-13-25(14-4-1)41(26-15-5-2-6-16-26)32-21-11-20-30-34(32)36-35-33-27-17-8-7-12-24(27)22-23-31(33)40-37(35)28-18-9-10-19-29(28)38(36)39-30/h1-23H. The minimum Gasteiger partial charge on any atom is -0.455 e. The highest BCUT2D eigenvalue weighted by Crippen LogP contribution is 2.48. The second-order valence-electron chi connectivity index (χ2n) is 10.5. The Kier molecular flexibility index (Phi) is 4.90. The molecule has 2 heterocycles. The first-order valence-corrected chi connectivity index (χ1v) is 15.2. The Bertz CT molecular complexity index is 2380. The Labute approximate surface area is 237 Å². The van der Waals surface area contributed by atoms with Crippen molar-refractivity contribution in [2.75, 3.05) is 0 Å². The zero-order valence-electron chi connectivity index (χ0n) is 22.0. The van der Waals surface area contributed by atoms with Crippen molar-refractivity contribution in [3.05, 3.63) is 140 Å². The second-order valence-corrected chi connectivity index (χ2v) is 12.7. The van der Waals surface area contributed by atoms with E-state index in [-0.39, 0.29) is 0 Å². The lowest BCUT2D eigenvalue weighted by molar-refractivity contribution is 0.668. The first-order valence-electron chi connectivity index (χ1n) is 13.9. The second kappa shape index (κ2) is 8.80. The van der Waals surface area contributed by atoms with Crippen molar-refractivity contribution in [2.45, 2.75) is 0 Å². The predicted octanol–water partition coefficient (Wildman–Crippen LogP) is 9.55. The highest BCUT2D eigenvalue weighted by Gasteiger charge is 2.26. The largest absolute Gasteiger partial charge is 0.455 e. The maximum atomic E-state index is 6.84. The lowest BCUT2D eigenvalue weighted by Crippen LogP contribution is -2.20. The Balaban J connectivity index is 1.54. The normalized spacial score (nSPS) is 12.1. The molecule has 0 bridgehead atoms. The zero-order chi connectivity index (χ0) is 26.9. The minimum atomic E-state index is -0.846. The molecule has 2 nitrogen and oxygen atoms in total. The molecular weight excluding hydrogens is 519 g/mol. The highest BCUT2D eigenvalue weighted by atomic mass is 31.1. The molecule has 9 aromatic rings. The molecule has 41 heavy (non-hydrogen) atoms. The van der Waals surface area contributed by atoms with Crippen LogP contribution in [0.15, 0.2) is 148 Å². The molecule has 0 aliphatic heterocycles. The summed E-state index contributed by atoms with van der Waals surface area (Å²) in [6, 6.07) is 49.7. The van der Waals surface area contributed by atoms with E-state index in [1.54, 1.807) is 0 Å². The van der Waals surface area contributed by atoms with Gasteiger partial charge >= 0.3 is 0 Å². The molecule has 3 heteroatoms. The third-order valence-electron chi connectivity index (χ3n) is 8.21. The van der Waals surface area contributed by atoms with Crippen LogP contribution in [0.25, 0.3) is 65.4 Å². The van der Waals surface area contributed by atoms with E-state index in [0.717, 1.165) is 49.3 Å². The Morgan fingerprint density at radius 1 is 0.366 bits per heavy atom. The van der Waals surface area contributed by atoms with Crippen LogP contribution in [-0.2, 0) is 0 Å². The summed E-state index contributed by atoms with van der Waals surface area (Å²) < 4.78 is 13.6.